The first-order chi connectivity index (χ1) is 12.5. The fraction of sp³-hybridized carbons (Fsp3) is 0.600. The summed E-state index contributed by atoms with van der Waals surface area (Å²) in [5.74, 6) is -3.39. The van der Waals surface area contributed by atoms with Crippen molar-refractivity contribution in [3.05, 3.63) is 35.5 Å². The van der Waals surface area contributed by atoms with Gasteiger partial charge in [0, 0.05) is 24.0 Å². The van der Waals surface area contributed by atoms with E-state index < -0.39 is 47.6 Å². The van der Waals surface area contributed by atoms with Crippen LogP contribution in [-0.2, 0) is 23.8 Å². The summed E-state index contributed by atoms with van der Waals surface area (Å²) in [5.41, 5.74) is -0.120. The summed E-state index contributed by atoms with van der Waals surface area (Å²) in [5, 5.41) is 21.4. The van der Waals surface area contributed by atoms with Gasteiger partial charge in [0.1, 0.15) is 12.2 Å². The van der Waals surface area contributed by atoms with Gasteiger partial charge in [-0.05, 0) is 39.3 Å². The number of esters is 2. The first kappa shape index (κ1) is 19.8. The van der Waals surface area contributed by atoms with Gasteiger partial charge in [-0.1, -0.05) is 12.7 Å². The van der Waals surface area contributed by atoms with Crippen molar-refractivity contribution in [3.8, 4) is 0 Å². The molecule has 2 saturated heterocycles. The van der Waals surface area contributed by atoms with Gasteiger partial charge in [-0.25, -0.2) is 9.59 Å². The summed E-state index contributed by atoms with van der Waals surface area (Å²) in [6.07, 6.45) is 0.753. The lowest BCUT2D eigenvalue weighted by Crippen LogP contribution is -2.44. The summed E-state index contributed by atoms with van der Waals surface area (Å²) in [6.45, 7) is 10.5. The van der Waals surface area contributed by atoms with Crippen LogP contribution >= 0.6 is 0 Å². The van der Waals surface area contributed by atoms with Gasteiger partial charge in [0.2, 0.25) is 0 Å². The number of carbonyl (C=O) groups is 2. The molecule has 3 heterocycles. The Morgan fingerprint density at radius 3 is 2.74 bits per heavy atom. The Kier molecular flexibility index (Phi) is 4.82. The third kappa shape index (κ3) is 3.24. The zero-order chi connectivity index (χ0) is 20.1. The van der Waals surface area contributed by atoms with Crippen molar-refractivity contribution in [2.24, 2.45) is 5.92 Å². The minimum Gasteiger partial charge on any atom is -0.458 e. The molecule has 2 bridgehead atoms. The molecule has 3 aliphatic heterocycles. The first-order valence-electron chi connectivity index (χ1n) is 9.04. The van der Waals surface area contributed by atoms with E-state index in [2.05, 4.69) is 6.58 Å². The van der Waals surface area contributed by atoms with E-state index in [1.54, 1.807) is 39.8 Å². The summed E-state index contributed by atoms with van der Waals surface area (Å²) in [4.78, 5) is 24.5. The van der Waals surface area contributed by atoms with Gasteiger partial charge in [-0.3, -0.25) is 0 Å². The van der Waals surface area contributed by atoms with E-state index in [9.17, 15) is 19.8 Å². The maximum atomic E-state index is 12.4. The van der Waals surface area contributed by atoms with Crippen LogP contribution in [0.25, 0.3) is 0 Å². The van der Waals surface area contributed by atoms with E-state index in [-0.39, 0.29) is 18.4 Å². The Hall–Kier alpha value is -1.96. The number of ether oxygens (including phenoxy) is 3. The van der Waals surface area contributed by atoms with E-state index in [1.807, 2.05) is 0 Å². The molecule has 3 aliphatic rings. The predicted octanol–water partition coefficient (Wildman–Crippen LogP) is 1.54. The Balaban J connectivity index is 2.07. The van der Waals surface area contributed by atoms with Crippen molar-refractivity contribution in [2.45, 2.75) is 70.2 Å². The smallest absolute Gasteiger partial charge is 0.334 e. The van der Waals surface area contributed by atoms with E-state index in [1.165, 1.54) is 0 Å². The van der Waals surface area contributed by atoms with Gasteiger partial charge in [-0.2, -0.15) is 0 Å². The third-order valence-electron chi connectivity index (χ3n) is 5.89. The first-order valence-corrected chi connectivity index (χ1v) is 9.04. The maximum absolute atomic E-state index is 12.4. The normalized spacial score (nSPS) is 41.9. The van der Waals surface area contributed by atoms with Crippen LogP contribution < -0.4 is 0 Å². The molecule has 0 amide bonds. The van der Waals surface area contributed by atoms with Crippen LogP contribution in [0.2, 0.25) is 0 Å². The molecule has 2 fully saturated rings. The Morgan fingerprint density at radius 1 is 1.44 bits per heavy atom. The van der Waals surface area contributed by atoms with Crippen molar-refractivity contribution in [3.63, 3.8) is 0 Å². The van der Waals surface area contributed by atoms with E-state index in [0.717, 1.165) is 0 Å². The molecular formula is C20H26O7. The lowest BCUT2D eigenvalue weighted by atomic mass is 9.80. The highest BCUT2D eigenvalue weighted by atomic mass is 16.7. The van der Waals surface area contributed by atoms with Crippen LogP contribution in [0.3, 0.4) is 0 Å². The largest absolute Gasteiger partial charge is 0.458 e. The van der Waals surface area contributed by atoms with Crippen molar-refractivity contribution in [1.82, 2.24) is 0 Å². The van der Waals surface area contributed by atoms with Crippen molar-refractivity contribution in [2.75, 3.05) is 0 Å². The summed E-state index contributed by atoms with van der Waals surface area (Å²) < 4.78 is 17.0. The molecular weight excluding hydrogens is 352 g/mol. The standard InChI is InChI=1S/C20H26O7/c1-6-10(2)17(22)26-14-8-19(5)15(21)9-20(24,27-19)11(3)7-13-16(14)12(4)18(23)25-13/h6-7,13-16,21,24H,4,8-9H2,1-3,5H3. The number of hydrogen-bond acceptors (Lipinski definition) is 7. The Labute approximate surface area is 158 Å². The summed E-state index contributed by atoms with van der Waals surface area (Å²) in [6, 6.07) is 0. The van der Waals surface area contributed by atoms with Crippen molar-refractivity contribution >= 4 is 11.9 Å². The highest BCUT2D eigenvalue weighted by molar-refractivity contribution is 5.92. The van der Waals surface area contributed by atoms with Gasteiger partial charge in [0.05, 0.1) is 17.6 Å². The molecule has 3 rings (SSSR count). The number of aliphatic hydroxyl groups is 2. The van der Waals surface area contributed by atoms with Gasteiger partial charge in [-0.15, -0.1) is 0 Å². The monoisotopic (exact) mass is 378 g/mol. The molecule has 27 heavy (non-hydrogen) atoms. The molecule has 0 aromatic heterocycles. The number of hydrogen-bond donors (Lipinski definition) is 2. The molecule has 6 atom stereocenters. The van der Waals surface area contributed by atoms with Crippen LogP contribution in [0.4, 0.5) is 0 Å². The molecule has 2 N–H and O–H groups in total. The number of aliphatic hydroxyl groups excluding tert-OH is 1. The number of allylic oxidation sites excluding steroid dienone is 1. The topological polar surface area (TPSA) is 102 Å². The van der Waals surface area contributed by atoms with E-state index in [4.69, 9.17) is 14.2 Å². The van der Waals surface area contributed by atoms with Gasteiger partial charge < -0.3 is 24.4 Å². The van der Waals surface area contributed by atoms with Crippen molar-refractivity contribution in [1.29, 1.82) is 0 Å². The lowest BCUT2D eigenvalue weighted by molar-refractivity contribution is -0.208. The minimum atomic E-state index is -1.67. The number of carbonyl (C=O) groups excluding carboxylic acids is 2. The molecule has 0 aromatic carbocycles. The molecule has 0 saturated carbocycles. The molecule has 0 spiro atoms. The minimum absolute atomic E-state index is 0.0212. The predicted molar refractivity (Wildman–Crippen MR) is 95.3 cm³/mol. The van der Waals surface area contributed by atoms with Crippen LogP contribution in [0.15, 0.2) is 35.5 Å². The fourth-order valence-corrected chi connectivity index (χ4v) is 3.94. The molecule has 0 aliphatic carbocycles. The summed E-state index contributed by atoms with van der Waals surface area (Å²) >= 11 is 0. The lowest BCUT2D eigenvalue weighted by Gasteiger charge is -2.34. The van der Waals surface area contributed by atoms with Crippen LogP contribution in [0.5, 0.6) is 0 Å². The average molecular weight is 378 g/mol. The number of fused-ring (bicyclic) bond motifs is 3. The molecule has 6 unspecified atom stereocenters. The second-order valence-electron chi connectivity index (χ2n) is 7.81. The maximum Gasteiger partial charge on any atom is 0.334 e. The molecule has 7 heteroatoms. The quantitative estimate of drug-likeness (QED) is 0.427. The fourth-order valence-electron chi connectivity index (χ4n) is 3.94. The Bertz CT molecular complexity index is 751. The zero-order valence-electron chi connectivity index (χ0n) is 16.0. The summed E-state index contributed by atoms with van der Waals surface area (Å²) in [7, 11) is 0. The molecule has 148 valence electrons. The molecule has 0 aromatic rings. The zero-order valence-corrected chi connectivity index (χ0v) is 16.0. The van der Waals surface area contributed by atoms with E-state index >= 15 is 0 Å². The highest BCUT2D eigenvalue weighted by Gasteiger charge is 2.58. The van der Waals surface area contributed by atoms with E-state index in [0.29, 0.717) is 11.1 Å². The third-order valence-corrected chi connectivity index (χ3v) is 5.89. The second kappa shape index (κ2) is 6.58. The van der Waals surface area contributed by atoms with Crippen LogP contribution in [0.1, 0.15) is 40.5 Å². The number of rotatable bonds is 2. The SMILES string of the molecule is C=C1C(=O)OC2C=C(C)C3(O)CC(O)C(C)(CC(OC(=O)C(C)=CC)C12)O3. The van der Waals surface area contributed by atoms with Crippen LogP contribution in [-0.4, -0.2) is 51.9 Å². The van der Waals surface area contributed by atoms with Gasteiger partial charge in [0.25, 0.3) is 0 Å². The average Bonchev–Trinajstić information content (AvgIpc) is 2.99. The second-order valence-corrected chi connectivity index (χ2v) is 7.81. The Morgan fingerprint density at radius 2 is 2.11 bits per heavy atom. The highest BCUT2D eigenvalue weighted by Crippen LogP contribution is 2.48. The van der Waals surface area contributed by atoms with Crippen LogP contribution in [0, 0.1) is 5.92 Å². The van der Waals surface area contributed by atoms with Crippen molar-refractivity contribution < 1.29 is 34.0 Å². The molecule has 0 radical (unpaired) electrons. The van der Waals surface area contributed by atoms with Gasteiger partial charge >= 0.3 is 11.9 Å². The van der Waals surface area contributed by atoms with Gasteiger partial charge in [0.15, 0.2) is 5.79 Å². The molecule has 7 nitrogen and oxygen atoms in total.